The summed E-state index contributed by atoms with van der Waals surface area (Å²) in [6.45, 7) is 2.16. The van der Waals surface area contributed by atoms with E-state index in [-0.39, 0.29) is 12.0 Å². The van der Waals surface area contributed by atoms with Crippen LogP contribution in [0.3, 0.4) is 0 Å². The van der Waals surface area contributed by atoms with Gasteiger partial charge in [0, 0.05) is 62.1 Å². The summed E-state index contributed by atoms with van der Waals surface area (Å²) in [7, 11) is 1.64. The van der Waals surface area contributed by atoms with Crippen molar-refractivity contribution >= 4 is 0 Å². The zero-order valence-corrected chi connectivity index (χ0v) is 15.8. The molecule has 0 saturated carbocycles. The Balaban J connectivity index is 1.40. The summed E-state index contributed by atoms with van der Waals surface area (Å²) in [5.74, 6) is 1.55. The SMILES string of the molecule is COc1ccccc1-c1ncc(CN2CC(O)C(Cc3cnccn3)C2)cn1. The minimum absolute atomic E-state index is 0.158. The second-order valence-electron chi connectivity index (χ2n) is 7.04. The molecule has 0 amide bonds. The maximum absolute atomic E-state index is 10.4. The van der Waals surface area contributed by atoms with Crippen molar-refractivity contribution in [2.45, 2.75) is 19.1 Å². The molecular weight excluding hydrogens is 354 g/mol. The third-order valence-corrected chi connectivity index (χ3v) is 5.03. The molecule has 28 heavy (non-hydrogen) atoms. The summed E-state index contributed by atoms with van der Waals surface area (Å²) in [6.07, 6.45) is 9.17. The lowest BCUT2D eigenvalue weighted by Crippen LogP contribution is -2.21. The molecule has 0 aliphatic carbocycles. The van der Waals surface area contributed by atoms with Gasteiger partial charge in [-0.1, -0.05) is 12.1 Å². The Morgan fingerprint density at radius 2 is 1.89 bits per heavy atom. The van der Waals surface area contributed by atoms with Gasteiger partial charge in [0.25, 0.3) is 0 Å². The zero-order valence-electron chi connectivity index (χ0n) is 15.8. The Bertz CT molecular complexity index is 904. The second kappa shape index (κ2) is 8.41. The first-order valence-corrected chi connectivity index (χ1v) is 9.32. The number of benzene rings is 1. The summed E-state index contributed by atoms with van der Waals surface area (Å²) < 4.78 is 5.38. The van der Waals surface area contributed by atoms with Crippen LogP contribution in [-0.4, -0.2) is 56.2 Å². The highest BCUT2D eigenvalue weighted by molar-refractivity contribution is 5.63. The molecule has 0 radical (unpaired) electrons. The maximum Gasteiger partial charge on any atom is 0.162 e. The highest BCUT2D eigenvalue weighted by atomic mass is 16.5. The van der Waals surface area contributed by atoms with Gasteiger partial charge in [-0.25, -0.2) is 9.97 Å². The third kappa shape index (κ3) is 4.16. The lowest BCUT2D eigenvalue weighted by Gasteiger charge is -2.15. The van der Waals surface area contributed by atoms with Crippen molar-refractivity contribution < 1.29 is 9.84 Å². The van der Waals surface area contributed by atoms with Crippen LogP contribution in [0.2, 0.25) is 0 Å². The number of nitrogens with zero attached hydrogens (tertiary/aromatic N) is 5. The minimum atomic E-state index is -0.365. The number of ether oxygens (including phenoxy) is 1. The van der Waals surface area contributed by atoms with E-state index in [4.69, 9.17) is 4.74 Å². The number of β-amino-alcohol motifs (C(OH)–C–C–N with tert-alkyl or cyclic N) is 1. The van der Waals surface area contributed by atoms with Crippen LogP contribution in [-0.2, 0) is 13.0 Å². The molecule has 2 aromatic heterocycles. The fraction of sp³-hybridized carbons (Fsp3) is 0.333. The van der Waals surface area contributed by atoms with Crippen molar-refractivity contribution in [3.8, 4) is 17.1 Å². The summed E-state index contributed by atoms with van der Waals surface area (Å²) in [4.78, 5) is 19.7. The number of aliphatic hydroxyl groups excluding tert-OH is 1. The zero-order chi connectivity index (χ0) is 19.3. The minimum Gasteiger partial charge on any atom is -0.496 e. The first-order chi connectivity index (χ1) is 13.7. The fourth-order valence-electron chi connectivity index (χ4n) is 3.64. The van der Waals surface area contributed by atoms with Crippen LogP contribution in [0, 0.1) is 5.92 Å². The molecule has 7 heteroatoms. The molecule has 0 bridgehead atoms. The van der Waals surface area contributed by atoms with E-state index in [0.29, 0.717) is 18.9 Å². The Morgan fingerprint density at radius 3 is 2.64 bits per heavy atom. The number of hydrogen-bond donors (Lipinski definition) is 1. The van der Waals surface area contributed by atoms with E-state index >= 15 is 0 Å². The molecule has 0 spiro atoms. The monoisotopic (exact) mass is 377 g/mol. The predicted octanol–water partition coefficient (Wildman–Crippen LogP) is 1.98. The Labute approximate surface area is 164 Å². The normalized spacial score (nSPS) is 19.6. The van der Waals surface area contributed by atoms with E-state index < -0.39 is 0 Å². The van der Waals surface area contributed by atoms with Crippen LogP contribution in [0.5, 0.6) is 5.75 Å². The number of hydrogen-bond acceptors (Lipinski definition) is 7. The van der Waals surface area contributed by atoms with Gasteiger partial charge in [-0.15, -0.1) is 0 Å². The van der Waals surface area contributed by atoms with Gasteiger partial charge >= 0.3 is 0 Å². The number of rotatable bonds is 6. The van der Waals surface area contributed by atoms with E-state index in [0.717, 1.165) is 35.5 Å². The van der Waals surface area contributed by atoms with Crippen molar-refractivity contribution in [2.24, 2.45) is 5.92 Å². The van der Waals surface area contributed by atoms with E-state index in [1.165, 1.54) is 0 Å². The van der Waals surface area contributed by atoms with Gasteiger partial charge in [0.05, 0.1) is 24.5 Å². The highest BCUT2D eigenvalue weighted by Crippen LogP contribution is 2.27. The van der Waals surface area contributed by atoms with Crippen LogP contribution in [0.25, 0.3) is 11.4 Å². The average molecular weight is 377 g/mol. The largest absolute Gasteiger partial charge is 0.496 e. The van der Waals surface area contributed by atoms with Gasteiger partial charge in [0.2, 0.25) is 0 Å². The van der Waals surface area contributed by atoms with Gasteiger partial charge in [0.15, 0.2) is 5.82 Å². The molecular formula is C21H23N5O2. The topological polar surface area (TPSA) is 84.3 Å². The lowest BCUT2D eigenvalue weighted by molar-refractivity contribution is 0.140. The van der Waals surface area contributed by atoms with Crippen molar-refractivity contribution in [3.05, 3.63) is 66.5 Å². The Morgan fingerprint density at radius 1 is 1.07 bits per heavy atom. The molecule has 2 atom stereocenters. The molecule has 7 nitrogen and oxygen atoms in total. The molecule has 1 aliphatic heterocycles. The van der Waals surface area contributed by atoms with Crippen molar-refractivity contribution in [2.75, 3.05) is 20.2 Å². The van der Waals surface area contributed by atoms with Gasteiger partial charge in [-0.05, 0) is 18.6 Å². The second-order valence-corrected chi connectivity index (χ2v) is 7.04. The smallest absolute Gasteiger partial charge is 0.162 e. The molecule has 1 fully saturated rings. The van der Waals surface area contributed by atoms with E-state index in [1.54, 1.807) is 25.7 Å². The van der Waals surface area contributed by atoms with E-state index in [1.807, 2.05) is 36.7 Å². The van der Waals surface area contributed by atoms with Crippen molar-refractivity contribution in [1.82, 2.24) is 24.8 Å². The third-order valence-electron chi connectivity index (χ3n) is 5.03. The standard InChI is InChI=1S/C21H23N5O2/c1-28-20-5-3-2-4-18(20)21-24-9-15(10-25-21)12-26-13-16(19(27)14-26)8-17-11-22-6-7-23-17/h2-7,9-11,16,19,27H,8,12-14H2,1H3. The van der Waals surface area contributed by atoms with E-state index in [9.17, 15) is 5.11 Å². The summed E-state index contributed by atoms with van der Waals surface area (Å²) >= 11 is 0. The Kier molecular flexibility index (Phi) is 5.55. The molecule has 1 saturated heterocycles. The van der Waals surface area contributed by atoms with Crippen LogP contribution >= 0.6 is 0 Å². The first kappa shape index (κ1) is 18.5. The average Bonchev–Trinajstić information content (AvgIpc) is 3.08. The van der Waals surface area contributed by atoms with Crippen LogP contribution < -0.4 is 4.74 Å². The number of likely N-dealkylation sites (tertiary alicyclic amines) is 1. The Hall–Kier alpha value is -2.90. The lowest BCUT2D eigenvalue weighted by atomic mass is 10.0. The van der Waals surface area contributed by atoms with Gasteiger partial charge in [-0.3, -0.25) is 14.9 Å². The van der Waals surface area contributed by atoms with Gasteiger partial charge in [-0.2, -0.15) is 0 Å². The fourth-order valence-corrected chi connectivity index (χ4v) is 3.64. The molecule has 1 N–H and O–H groups in total. The van der Waals surface area contributed by atoms with Crippen LogP contribution in [0.1, 0.15) is 11.3 Å². The maximum atomic E-state index is 10.4. The first-order valence-electron chi connectivity index (χ1n) is 9.32. The molecule has 144 valence electrons. The number of methoxy groups -OCH3 is 1. The summed E-state index contributed by atoms with van der Waals surface area (Å²) in [6, 6.07) is 7.71. The summed E-state index contributed by atoms with van der Waals surface area (Å²) in [5.41, 5.74) is 2.81. The quantitative estimate of drug-likeness (QED) is 0.703. The van der Waals surface area contributed by atoms with Crippen LogP contribution in [0.15, 0.2) is 55.2 Å². The molecule has 4 rings (SSSR count). The van der Waals surface area contributed by atoms with Gasteiger partial charge in [0.1, 0.15) is 5.75 Å². The summed E-state index contributed by atoms with van der Waals surface area (Å²) in [5, 5.41) is 10.4. The number of aliphatic hydroxyl groups is 1. The van der Waals surface area contributed by atoms with E-state index in [2.05, 4.69) is 24.8 Å². The predicted molar refractivity (Wildman–Crippen MR) is 105 cm³/mol. The molecule has 1 aliphatic rings. The molecule has 1 aromatic carbocycles. The van der Waals surface area contributed by atoms with Crippen molar-refractivity contribution in [1.29, 1.82) is 0 Å². The van der Waals surface area contributed by atoms with Crippen LogP contribution in [0.4, 0.5) is 0 Å². The molecule has 3 heterocycles. The van der Waals surface area contributed by atoms with Crippen molar-refractivity contribution in [3.63, 3.8) is 0 Å². The number of aromatic nitrogens is 4. The highest BCUT2D eigenvalue weighted by Gasteiger charge is 2.31. The number of para-hydroxylation sites is 1. The molecule has 2 unspecified atom stereocenters. The van der Waals surface area contributed by atoms with Gasteiger partial charge < -0.3 is 9.84 Å². The molecule has 3 aromatic rings.